The number of amides is 1. The maximum absolute atomic E-state index is 11.9. The number of nitrogens with zero attached hydrogens (tertiary/aromatic N) is 1. The molecule has 3 aromatic rings. The first-order valence-corrected chi connectivity index (χ1v) is 9.85. The van der Waals surface area contributed by atoms with Crippen LogP contribution in [0.2, 0.25) is 0 Å². The Kier molecular flexibility index (Phi) is 6.90. The maximum Gasteiger partial charge on any atom is 0.220 e. The summed E-state index contributed by atoms with van der Waals surface area (Å²) in [5, 5.41) is 2.95. The van der Waals surface area contributed by atoms with Crippen LogP contribution in [0.4, 0.5) is 0 Å². The van der Waals surface area contributed by atoms with Gasteiger partial charge in [0.05, 0.1) is 6.20 Å². The van der Waals surface area contributed by atoms with Gasteiger partial charge in [0.2, 0.25) is 5.91 Å². The molecule has 0 bridgehead atoms. The van der Waals surface area contributed by atoms with E-state index >= 15 is 0 Å². The minimum absolute atomic E-state index is 0.0322. The van der Waals surface area contributed by atoms with Crippen molar-refractivity contribution in [1.29, 1.82) is 0 Å². The van der Waals surface area contributed by atoms with Gasteiger partial charge in [-0.25, -0.2) is 4.98 Å². The Morgan fingerprint density at radius 1 is 1.04 bits per heavy atom. The third-order valence-corrected chi connectivity index (χ3v) is 4.89. The van der Waals surface area contributed by atoms with Gasteiger partial charge in [-0.05, 0) is 5.56 Å². The van der Waals surface area contributed by atoms with E-state index in [-0.39, 0.29) is 5.91 Å². The molecule has 0 aliphatic rings. The van der Waals surface area contributed by atoms with Crippen molar-refractivity contribution in [3.05, 3.63) is 78.3 Å². The lowest BCUT2D eigenvalue weighted by molar-refractivity contribution is -0.121. The molecule has 1 amide bonds. The summed E-state index contributed by atoms with van der Waals surface area (Å²) in [6, 6.07) is 20.2. The minimum Gasteiger partial charge on any atom is -0.441 e. The lowest BCUT2D eigenvalue weighted by Gasteiger charge is -2.04. The van der Waals surface area contributed by atoms with Crippen molar-refractivity contribution in [2.24, 2.45) is 0 Å². The van der Waals surface area contributed by atoms with Gasteiger partial charge in [-0.1, -0.05) is 60.7 Å². The molecule has 2 aromatic carbocycles. The number of hydrogen-bond donors (Lipinski definition) is 1. The molecule has 0 aliphatic heterocycles. The standard InChI is InChI=1S/C21H22N2O2S/c24-20(22-13-14-26-16-17-7-3-1-4-8-17)11-12-21-23-15-19(25-21)18-9-5-2-6-10-18/h1-10,15H,11-14,16H2,(H,22,24). The molecule has 0 saturated carbocycles. The summed E-state index contributed by atoms with van der Waals surface area (Å²) in [4.78, 5) is 16.2. The minimum atomic E-state index is 0.0322. The van der Waals surface area contributed by atoms with E-state index in [2.05, 4.69) is 22.4 Å². The molecule has 5 heteroatoms. The summed E-state index contributed by atoms with van der Waals surface area (Å²) in [7, 11) is 0. The predicted molar refractivity (Wildman–Crippen MR) is 106 cm³/mol. The highest BCUT2D eigenvalue weighted by atomic mass is 32.2. The van der Waals surface area contributed by atoms with E-state index in [1.165, 1.54) is 5.56 Å². The van der Waals surface area contributed by atoms with Gasteiger partial charge in [0.15, 0.2) is 11.7 Å². The molecule has 4 nitrogen and oxygen atoms in total. The van der Waals surface area contributed by atoms with Crippen LogP contribution in [0.15, 0.2) is 71.3 Å². The molecule has 3 rings (SSSR count). The fraction of sp³-hybridized carbons (Fsp3) is 0.238. The van der Waals surface area contributed by atoms with Gasteiger partial charge in [0.1, 0.15) is 0 Å². The van der Waals surface area contributed by atoms with Gasteiger partial charge < -0.3 is 9.73 Å². The van der Waals surface area contributed by atoms with Crippen LogP contribution < -0.4 is 5.32 Å². The SMILES string of the molecule is O=C(CCc1ncc(-c2ccccc2)o1)NCCSCc1ccccc1. The molecular weight excluding hydrogens is 344 g/mol. The molecule has 1 heterocycles. The first-order valence-electron chi connectivity index (χ1n) is 8.70. The number of carbonyl (C=O) groups excluding carboxylic acids is 1. The Morgan fingerprint density at radius 3 is 2.54 bits per heavy atom. The zero-order valence-corrected chi connectivity index (χ0v) is 15.4. The van der Waals surface area contributed by atoms with Crippen molar-refractivity contribution in [3.8, 4) is 11.3 Å². The number of nitrogens with one attached hydrogen (secondary N) is 1. The highest BCUT2D eigenvalue weighted by Crippen LogP contribution is 2.20. The van der Waals surface area contributed by atoms with Gasteiger partial charge in [-0.15, -0.1) is 0 Å². The number of thioether (sulfide) groups is 1. The zero-order valence-electron chi connectivity index (χ0n) is 14.6. The Morgan fingerprint density at radius 2 is 1.77 bits per heavy atom. The van der Waals surface area contributed by atoms with Crippen LogP contribution in [0, 0.1) is 0 Å². The molecule has 0 atom stereocenters. The molecule has 1 aromatic heterocycles. The van der Waals surface area contributed by atoms with E-state index in [1.54, 1.807) is 6.20 Å². The summed E-state index contributed by atoms with van der Waals surface area (Å²) in [5.41, 5.74) is 2.30. The van der Waals surface area contributed by atoms with E-state index in [0.717, 1.165) is 22.8 Å². The summed E-state index contributed by atoms with van der Waals surface area (Å²) in [6.45, 7) is 0.678. The van der Waals surface area contributed by atoms with Crippen molar-refractivity contribution in [2.45, 2.75) is 18.6 Å². The number of oxazole rings is 1. The van der Waals surface area contributed by atoms with Crippen LogP contribution in [0.1, 0.15) is 17.9 Å². The van der Waals surface area contributed by atoms with Crippen LogP contribution in [-0.4, -0.2) is 23.2 Å². The van der Waals surface area contributed by atoms with Crippen LogP contribution in [0.25, 0.3) is 11.3 Å². The van der Waals surface area contributed by atoms with Crippen LogP contribution in [-0.2, 0) is 17.0 Å². The highest BCUT2D eigenvalue weighted by molar-refractivity contribution is 7.98. The molecule has 0 spiro atoms. The van der Waals surface area contributed by atoms with E-state index in [4.69, 9.17) is 4.42 Å². The molecule has 0 fully saturated rings. The smallest absolute Gasteiger partial charge is 0.220 e. The first-order chi connectivity index (χ1) is 12.8. The predicted octanol–water partition coefficient (Wildman–Crippen LogP) is 4.32. The molecule has 1 N–H and O–H groups in total. The number of aromatic nitrogens is 1. The van der Waals surface area contributed by atoms with Gasteiger partial charge in [-0.2, -0.15) is 11.8 Å². The average Bonchev–Trinajstić information content (AvgIpc) is 3.17. The topological polar surface area (TPSA) is 55.1 Å². The van der Waals surface area contributed by atoms with Crippen LogP contribution >= 0.6 is 11.8 Å². The summed E-state index contributed by atoms with van der Waals surface area (Å²) >= 11 is 1.82. The van der Waals surface area contributed by atoms with Crippen LogP contribution in [0.3, 0.4) is 0 Å². The second kappa shape index (κ2) is 9.82. The van der Waals surface area contributed by atoms with Crippen molar-refractivity contribution >= 4 is 17.7 Å². The van der Waals surface area contributed by atoms with E-state index < -0.39 is 0 Å². The molecule has 0 saturated heterocycles. The van der Waals surface area contributed by atoms with E-state index in [0.29, 0.717) is 25.3 Å². The summed E-state index contributed by atoms with van der Waals surface area (Å²) < 4.78 is 5.72. The van der Waals surface area contributed by atoms with E-state index in [1.807, 2.05) is 60.3 Å². The fourth-order valence-electron chi connectivity index (χ4n) is 2.50. The first kappa shape index (κ1) is 18.3. The van der Waals surface area contributed by atoms with Gasteiger partial charge in [0.25, 0.3) is 0 Å². The highest BCUT2D eigenvalue weighted by Gasteiger charge is 2.08. The molecule has 0 aliphatic carbocycles. The Balaban J connectivity index is 1.32. The van der Waals surface area contributed by atoms with Gasteiger partial charge >= 0.3 is 0 Å². The number of carbonyl (C=O) groups is 1. The second-order valence-electron chi connectivity index (χ2n) is 5.87. The second-order valence-corrected chi connectivity index (χ2v) is 6.98. The molecule has 0 radical (unpaired) electrons. The Labute approximate surface area is 158 Å². The lowest BCUT2D eigenvalue weighted by atomic mass is 10.2. The van der Waals surface area contributed by atoms with E-state index in [9.17, 15) is 4.79 Å². The largest absolute Gasteiger partial charge is 0.441 e. The average molecular weight is 366 g/mol. The van der Waals surface area contributed by atoms with Crippen molar-refractivity contribution in [2.75, 3.05) is 12.3 Å². The molecule has 134 valence electrons. The van der Waals surface area contributed by atoms with Crippen molar-refractivity contribution in [3.63, 3.8) is 0 Å². The van der Waals surface area contributed by atoms with Crippen molar-refractivity contribution in [1.82, 2.24) is 10.3 Å². The monoisotopic (exact) mass is 366 g/mol. The maximum atomic E-state index is 11.9. The summed E-state index contributed by atoms with van der Waals surface area (Å²) in [5.74, 6) is 3.23. The normalized spacial score (nSPS) is 10.6. The van der Waals surface area contributed by atoms with Gasteiger partial charge in [0, 0.05) is 36.5 Å². The number of benzene rings is 2. The quantitative estimate of drug-likeness (QED) is 0.573. The Bertz CT molecular complexity index is 803. The number of hydrogen-bond acceptors (Lipinski definition) is 4. The molecule has 0 unspecified atom stereocenters. The summed E-state index contributed by atoms with van der Waals surface area (Å²) in [6.07, 6.45) is 2.61. The third kappa shape index (κ3) is 5.77. The van der Waals surface area contributed by atoms with Crippen molar-refractivity contribution < 1.29 is 9.21 Å². The number of aryl methyl sites for hydroxylation is 1. The molecular formula is C21H22N2O2S. The third-order valence-electron chi connectivity index (χ3n) is 3.86. The lowest BCUT2D eigenvalue weighted by Crippen LogP contribution is -2.25. The molecule has 26 heavy (non-hydrogen) atoms. The van der Waals surface area contributed by atoms with Gasteiger partial charge in [-0.3, -0.25) is 4.79 Å². The Hall–Kier alpha value is -2.53. The fourth-order valence-corrected chi connectivity index (χ4v) is 3.32. The zero-order chi connectivity index (χ0) is 18.0. The van der Waals surface area contributed by atoms with Crippen LogP contribution in [0.5, 0.6) is 0 Å². The number of rotatable bonds is 9.